The Hall–Kier alpha value is -0.430. The number of nitrogens with one attached hydrogen (secondary N) is 1. The van der Waals surface area contributed by atoms with E-state index >= 15 is 0 Å². The highest BCUT2D eigenvalue weighted by Crippen LogP contribution is 2.24. The number of guanidine groups is 1. The van der Waals surface area contributed by atoms with Crippen LogP contribution in [0.25, 0.3) is 0 Å². The Labute approximate surface area is 177 Å². The smallest absolute Gasteiger partial charge is 0.252 e. The molecule has 1 fully saturated rings. The van der Waals surface area contributed by atoms with Crippen LogP contribution >= 0.6 is 35.3 Å². The first kappa shape index (κ1) is 23.6. The summed E-state index contributed by atoms with van der Waals surface area (Å²) in [6.45, 7) is 5.83. The maximum Gasteiger partial charge on any atom is 0.252 e. The first-order valence-corrected chi connectivity index (χ1v) is 10.7. The van der Waals surface area contributed by atoms with Gasteiger partial charge in [-0.05, 0) is 25.5 Å². The molecule has 1 aromatic rings. The Kier molecular flexibility index (Phi) is 9.80. The SMILES string of the molecule is CCNC(=NCc1ccc(S(=O)(=O)N(C)C)s1)N(C)CC1CCOC1.I. The Morgan fingerprint density at radius 3 is 2.69 bits per heavy atom. The Morgan fingerprint density at radius 2 is 2.12 bits per heavy atom. The second kappa shape index (κ2) is 10.8. The molecule has 0 aromatic carbocycles. The van der Waals surface area contributed by atoms with Gasteiger partial charge in [0.05, 0.1) is 13.2 Å². The summed E-state index contributed by atoms with van der Waals surface area (Å²) in [6.07, 6.45) is 1.08. The van der Waals surface area contributed by atoms with Gasteiger partial charge in [0.25, 0.3) is 10.0 Å². The van der Waals surface area contributed by atoms with Crippen molar-refractivity contribution < 1.29 is 13.2 Å². The molecular weight excluding hydrogens is 487 g/mol. The van der Waals surface area contributed by atoms with Crippen LogP contribution in [0.2, 0.25) is 0 Å². The van der Waals surface area contributed by atoms with Crippen LogP contribution in [0.3, 0.4) is 0 Å². The minimum atomic E-state index is -3.37. The van der Waals surface area contributed by atoms with Crippen LogP contribution in [-0.4, -0.2) is 71.0 Å². The third-order valence-corrected chi connectivity index (χ3v) is 7.36. The molecule has 0 bridgehead atoms. The van der Waals surface area contributed by atoms with Crippen molar-refractivity contribution in [3.8, 4) is 0 Å². The fourth-order valence-corrected chi connectivity index (χ4v) is 5.03. The summed E-state index contributed by atoms with van der Waals surface area (Å²) < 4.78 is 31.3. The van der Waals surface area contributed by atoms with Crippen LogP contribution in [0.5, 0.6) is 0 Å². The van der Waals surface area contributed by atoms with E-state index in [1.807, 2.05) is 20.0 Å². The third kappa shape index (κ3) is 6.32. The molecule has 10 heteroatoms. The maximum atomic E-state index is 12.2. The molecule has 1 saturated heterocycles. The monoisotopic (exact) mass is 516 g/mol. The van der Waals surface area contributed by atoms with Crippen molar-refractivity contribution in [2.75, 3.05) is 47.4 Å². The summed E-state index contributed by atoms with van der Waals surface area (Å²) in [5.74, 6) is 1.37. The zero-order valence-electron chi connectivity index (χ0n) is 15.8. The molecule has 0 saturated carbocycles. The molecule has 150 valence electrons. The van der Waals surface area contributed by atoms with Crippen LogP contribution in [0, 0.1) is 5.92 Å². The van der Waals surface area contributed by atoms with Gasteiger partial charge in [0.2, 0.25) is 0 Å². The van der Waals surface area contributed by atoms with E-state index in [4.69, 9.17) is 4.74 Å². The minimum Gasteiger partial charge on any atom is -0.381 e. The standard InChI is InChI=1S/C16H28N4O3S2.HI/c1-5-17-16(20(4)11-13-8-9-23-12-13)18-10-14-6-7-15(24-14)25(21,22)19(2)3;/h6-7,13H,5,8-12H2,1-4H3,(H,17,18);1H. The van der Waals surface area contributed by atoms with Crippen molar-refractivity contribution in [2.45, 2.75) is 24.1 Å². The second-order valence-corrected chi connectivity index (χ2v) is 9.84. The van der Waals surface area contributed by atoms with E-state index in [2.05, 4.69) is 15.2 Å². The minimum absolute atomic E-state index is 0. The van der Waals surface area contributed by atoms with Crippen molar-refractivity contribution in [3.63, 3.8) is 0 Å². The second-order valence-electron chi connectivity index (χ2n) is 6.29. The van der Waals surface area contributed by atoms with Gasteiger partial charge in [0, 0.05) is 51.6 Å². The summed E-state index contributed by atoms with van der Waals surface area (Å²) in [5.41, 5.74) is 0. The molecule has 0 amide bonds. The quantitative estimate of drug-likeness (QED) is 0.341. The molecule has 0 aliphatic carbocycles. The Bertz CT molecular complexity index is 685. The van der Waals surface area contributed by atoms with E-state index in [-0.39, 0.29) is 24.0 Å². The van der Waals surface area contributed by atoms with Crippen LogP contribution in [-0.2, 0) is 21.3 Å². The predicted octanol–water partition coefficient (Wildman–Crippen LogP) is 2.05. The van der Waals surface area contributed by atoms with Crippen molar-refractivity contribution in [3.05, 3.63) is 17.0 Å². The maximum absolute atomic E-state index is 12.2. The van der Waals surface area contributed by atoms with E-state index in [1.54, 1.807) is 6.07 Å². The fourth-order valence-electron chi connectivity index (χ4n) is 2.59. The summed E-state index contributed by atoms with van der Waals surface area (Å²) in [5, 5.41) is 3.30. The number of halogens is 1. The van der Waals surface area contributed by atoms with Crippen molar-refractivity contribution in [1.82, 2.24) is 14.5 Å². The molecule has 1 atom stereocenters. The number of hydrogen-bond acceptors (Lipinski definition) is 5. The highest BCUT2D eigenvalue weighted by Gasteiger charge is 2.20. The highest BCUT2D eigenvalue weighted by atomic mass is 127. The Balaban J connectivity index is 0.00000338. The topological polar surface area (TPSA) is 74.2 Å². The Morgan fingerprint density at radius 1 is 1.38 bits per heavy atom. The molecule has 0 radical (unpaired) electrons. The summed E-state index contributed by atoms with van der Waals surface area (Å²) >= 11 is 1.27. The van der Waals surface area contributed by atoms with E-state index in [1.165, 1.54) is 29.7 Å². The number of ether oxygens (including phenoxy) is 1. The lowest BCUT2D eigenvalue weighted by Crippen LogP contribution is -2.41. The molecule has 7 nitrogen and oxygen atoms in total. The van der Waals surface area contributed by atoms with Gasteiger partial charge in [0.15, 0.2) is 5.96 Å². The lowest BCUT2D eigenvalue weighted by Gasteiger charge is -2.24. The molecule has 2 heterocycles. The number of aliphatic imine (C=N–C) groups is 1. The number of rotatable bonds is 7. The zero-order valence-corrected chi connectivity index (χ0v) is 19.7. The lowest BCUT2D eigenvalue weighted by molar-refractivity contribution is 0.181. The van der Waals surface area contributed by atoms with Gasteiger partial charge in [0.1, 0.15) is 4.21 Å². The van der Waals surface area contributed by atoms with Gasteiger partial charge in [-0.25, -0.2) is 17.7 Å². The van der Waals surface area contributed by atoms with Crippen LogP contribution in [0.4, 0.5) is 0 Å². The lowest BCUT2D eigenvalue weighted by atomic mass is 10.1. The van der Waals surface area contributed by atoms with Crippen LogP contribution < -0.4 is 5.32 Å². The van der Waals surface area contributed by atoms with Gasteiger partial charge >= 0.3 is 0 Å². The molecule has 2 rings (SSSR count). The summed E-state index contributed by atoms with van der Waals surface area (Å²) in [7, 11) is 1.73. The van der Waals surface area contributed by atoms with Crippen LogP contribution in [0.1, 0.15) is 18.2 Å². The number of hydrogen-bond donors (Lipinski definition) is 1. The van der Waals surface area contributed by atoms with Crippen LogP contribution in [0.15, 0.2) is 21.3 Å². The van der Waals surface area contributed by atoms with E-state index < -0.39 is 10.0 Å². The molecule has 0 spiro atoms. The molecule has 1 aromatic heterocycles. The normalized spacial score (nSPS) is 18.0. The van der Waals surface area contributed by atoms with E-state index in [0.29, 0.717) is 16.7 Å². The first-order chi connectivity index (χ1) is 11.8. The van der Waals surface area contributed by atoms with Gasteiger partial charge in [-0.1, -0.05) is 0 Å². The molecule has 1 aliphatic heterocycles. The van der Waals surface area contributed by atoms with Crippen molar-refractivity contribution in [1.29, 1.82) is 0 Å². The molecule has 1 unspecified atom stereocenters. The molecule has 1 N–H and O–H groups in total. The van der Waals surface area contributed by atoms with Gasteiger partial charge in [-0.3, -0.25) is 0 Å². The largest absolute Gasteiger partial charge is 0.381 e. The summed E-state index contributed by atoms with van der Waals surface area (Å²) in [4.78, 5) is 7.70. The zero-order chi connectivity index (χ0) is 18.4. The predicted molar refractivity (Wildman–Crippen MR) is 117 cm³/mol. The molecule has 1 aliphatic rings. The van der Waals surface area contributed by atoms with Crippen molar-refractivity contribution >= 4 is 51.3 Å². The summed E-state index contributed by atoms with van der Waals surface area (Å²) in [6, 6.07) is 3.48. The number of thiophene rings is 1. The van der Waals surface area contributed by atoms with E-state index in [0.717, 1.165) is 43.6 Å². The average Bonchev–Trinajstić information content (AvgIpc) is 3.22. The number of sulfonamides is 1. The van der Waals surface area contributed by atoms with Gasteiger partial charge in [-0.15, -0.1) is 35.3 Å². The van der Waals surface area contributed by atoms with Gasteiger partial charge in [-0.2, -0.15) is 0 Å². The fraction of sp³-hybridized carbons (Fsp3) is 0.688. The molecular formula is C16H29IN4O3S2. The third-order valence-electron chi connectivity index (χ3n) is 4.01. The highest BCUT2D eigenvalue weighted by molar-refractivity contribution is 14.0. The first-order valence-electron chi connectivity index (χ1n) is 8.43. The van der Waals surface area contributed by atoms with E-state index in [9.17, 15) is 8.42 Å². The molecule has 26 heavy (non-hydrogen) atoms. The average molecular weight is 516 g/mol. The van der Waals surface area contributed by atoms with Gasteiger partial charge < -0.3 is 15.0 Å². The number of nitrogens with zero attached hydrogens (tertiary/aromatic N) is 3. The van der Waals surface area contributed by atoms with Crippen molar-refractivity contribution in [2.24, 2.45) is 10.9 Å².